The molecular weight excluding hydrogens is 232 g/mol. The van der Waals surface area contributed by atoms with Crippen molar-refractivity contribution in [3.05, 3.63) is 0 Å². The minimum atomic E-state index is -1.03. The Hall–Kier alpha value is -1.57. The van der Waals surface area contributed by atoms with Crippen LogP contribution in [0.3, 0.4) is 0 Å². The first-order valence-corrected chi connectivity index (χ1v) is 6.21. The quantitative estimate of drug-likeness (QED) is 0.647. The topological polar surface area (TPSA) is 90.2 Å². The summed E-state index contributed by atoms with van der Waals surface area (Å²) in [5, 5.41) is 20.2. The Kier molecular flexibility index (Phi) is 7.03. The lowest BCUT2D eigenvalue weighted by Crippen LogP contribution is -2.39. The van der Waals surface area contributed by atoms with Crippen LogP contribution in [0.25, 0.3) is 0 Å². The van der Waals surface area contributed by atoms with Crippen LogP contribution < -0.4 is 5.32 Å². The lowest BCUT2D eigenvalue weighted by atomic mass is 9.76. The van der Waals surface area contributed by atoms with Crippen LogP contribution in [0.15, 0.2) is 0 Å². The van der Waals surface area contributed by atoms with E-state index in [2.05, 4.69) is 5.32 Å². The van der Waals surface area contributed by atoms with Gasteiger partial charge in [0.2, 0.25) is 5.91 Å². The Bertz CT molecular complexity index is 334. The third-order valence-electron chi connectivity index (χ3n) is 3.33. The number of aliphatic carboxylic acids is 1. The van der Waals surface area contributed by atoms with E-state index in [-0.39, 0.29) is 18.2 Å². The van der Waals surface area contributed by atoms with E-state index in [1.165, 1.54) is 0 Å². The lowest BCUT2D eigenvalue weighted by Gasteiger charge is -2.28. The summed E-state index contributed by atoms with van der Waals surface area (Å²) >= 11 is 0. The van der Waals surface area contributed by atoms with E-state index in [1.54, 1.807) is 20.8 Å². The van der Waals surface area contributed by atoms with Crippen LogP contribution in [0.1, 0.15) is 46.5 Å². The highest BCUT2D eigenvalue weighted by molar-refractivity contribution is 5.84. The van der Waals surface area contributed by atoms with Crippen molar-refractivity contribution < 1.29 is 14.7 Å². The maximum atomic E-state index is 11.7. The summed E-state index contributed by atoms with van der Waals surface area (Å²) in [4.78, 5) is 22.9. The number of nitrogens with zero attached hydrogens (tertiary/aromatic N) is 1. The van der Waals surface area contributed by atoms with Crippen molar-refractivity contribution in [2.75, 3.05) is 6.54 Å². The Labute approximate surface area is 108 Å². The Morgan fingerprint density at radius 3 is 2.44 bits per heavy atom. The number of nitriles is 1. The van der Waals surface area contributed by atoms with E-state index in [9.17, 15) is 14.7 Å². The average Bonchev–Trinajstić information content (AvgIpc) is 2.28. The molecule has 1 amide bonds. The Balaban J connectivity index is 4.13. The Morgan fingerprint density at radius 2 is 2.00 bits per heavy atom. The molecular formula is C13H22N2O3. The monoisotopic (exact) mass is 254 g/mol. The number of carbonyl (C=O) groups is 2. The lowest BCUT2D eigenvalue weighted by molar-refractivity contribution is -0.153. The Morgan fingerprint density at radius 1 is 1.39 bits per heavy atom. The van der Waals surface area contributed by atoms with Gasteiger partial charge in [-0.05, 0) is 25.7 Å². The molecule has 5 nitrogen and oxygen atoms in total. The van der Waals surface area contributed by atoms with E-state index >= 15 is 0 Å². The molecule has 0 saturated carbocycles. The molecule has 0 aromatic heterocycles. The summed E-state index contributed by atoms with van der Waals surface area (Å²) in [6.07, 6.45) is 1.95. The van der Waals surface area contributed by atoms with E-state index < -0.39 is 11.4 Å². The first-order chi connectivity index (χ1) is 8.34. The molecule has 1 atom stereocenters. The summed E-state index contributed by atoms with van der Waals surface area (Å²) < 4.78 is 0. The maximum absolute atomic E-state index is 11.7. The third kappa shape index (κ3) is 5.17. The van der Waals surface area contributed by atoms with Crippen LogP contribution in [-0.4, -0.2) is 23.5 Å². The number of nitrogens with one attached hydrogen (secondary N) is 1. The smallest absolute Gasteiger partial charge is 0.310 e. The van der Waals surface area contributed by atoms with Gasteiger partial charge in [-0.25, -0.2) is 0 Å². The first-order valence-electron chi connectivity index (χ1n) is 6.21. The summed E-state index contributed by atoms with van der Waals surface area (Å²) in [6.45, 7) is 5.69. The molecule has 0 aliphatic heterocycles. The third-order valence-corrected chi connectivity index (χ3v) is 3.33. The molecule has 5 heteroatoms. The van der Waals surface area contributed by atoms with Crippen molar-refractivity contribution in [3.8, 4) is 6.07 Å². The molecule has 1 unspecified atom stereocenters. The van der Waals surface area contributed by atoms with E-state index in [1.807, 2.05) is 6.07 Å². The summed E-state index contributed by atoms with van der Waals surface area (Å²) in [6, 6.07) is 2.03. The average molecular weight is 254 g/mol. The van der Waals surface area contributed by atoms with Crippen molar-refractivity contribution in [2.24, 2.45) is 11.3 Å². The highest BCUT2D eigenvalue weighted by atomic mass is 16.4. The molecule has 0 spiro atoms. The SMILES string of the molecule is CC(C)C(C)(CC(=O)NCCCCC#N)C(=O)O. The molecule has 0 rings (SSSR count). The fourth-order valence-electron chi connectivity index (χ4n) is 1.48. The van der Waals surface area contributed by atoms with Crippen LogP contribution in [0.4, 0.5) is 0 Å². The van der Waals surface area contributed by atoms with Crippen LogP contribution in [-0.2, 0) is 9.59 Å². The summed E-state index contributed by atoms with van der Waals surface area (Å²) in [7, 11) is 0. The minimum Gasteiger partial charge on any atom is -0.481 e. The van der Waals surface area contributed by atoms with Crippen molar-refractivity contribution in [2.45, 2.75) is 46.5 Å². The molecule has 18 heavy (non-hydrogen) atoms. The minimum absolute atomic E-state index is 0.0156. The van der Waals surface area contributed by atoms with Gasteiger partial charge in [0.1, 0.15) is 0 Å². The molecule has 102 valence electrons. The summed E-state index contributed by atoms with van der Waals surface area (Å²) in [5.74, 6) is -1.30. The van der Waals surface area contributed by atoms with Gasteiger partial charge in [0.15, 0.2) is 0 Å². The fraction of sp³-hybridized carbons (Fsp3) is 0.769. The second-order valence-electron chi connectivity index (χ2n) is 5.02. The first kappa shape index (κ1) is 16.4. The highest BCUT2D eigenvalue weighted by Crippen LogP contribution is 2.31. The zero-order valence-corrected chi connectivity index (χ0v) is 11.3. The normalized spacial score (nSPS) is 13.7. The predicted octanol–water partition coefficient (Wildman–Crippen LogP) is 1.93. The van der Waals surface area contributed by atoms with E-state index in [0.29, 0.717) is 13.0 Å². The number of carboxylic acids is 1. The van der Waals surface area contributed by atoms with E-state index in [4.69, 9.17) is 5.26 Å². The van der Waals surface area contributed by atoms with Gasteiger partial charge in [-0.3, -0.25) is 9.59 Å². The van der Waals surface area contributed by atoms with Gasteiger partial charge in [0.05, 0.1) is 11.5 Å². The molecule has 0 saturated heterocycles. The maximum Gasteiger partial charge on any atom is 0.310 e. The zero-order valence-electron chi connectivity index (χ0n) is 11.3. The van der Waals surface area contributed by atoms with Gasteiger partial charge in [-0.2, -0.15) is 5.26 Å². The van der Waals surface area contributed by atoms with Crippen molar-refractivity contribution in [1.29, 1.82) is 5.26 Å². The molecule has 0 radical (unpaired) electrons. The van der Waals surface area contributed by atoms with Gasteiger partial charge >= 0.3 is 5.97 Å². The molecule has 0 fully saturated rings. The second-order valence-corrected chi connectivity index (χ2v) is 5.02. The van der Waals surface area contributed by atoms with Crippen LogP contribution >= 0.6 is 0 Å². The van der Waals surface area contributed by atoms with Gasteiger partial charge in [-0.15, -0.1) is 0 Å². The molecule has 0 aromatic carbocycles. The predicted molar refractivity (Wildman–Crippen MR) is 67.7 cm³/mol. The largest absolute Gasteiger partial charge is 0.481 e. The van der Waals surface area contributed by atoms with Crippen LogP contribution in [0, 0.1) is 22.7 Å². The van der Waals surface area contributed by atoms with Crippen molar-refractivity contribution in [1.82, 2.24) is 5.32 Å². The van der Waals surface area contributed by atoms with Gasteiger partial charge in [0, 0.05) is 19.4 Å². The zero-order chi connectivity index (χ0) is 14.2. The molecule has 0 bridgehead atoms. The number of hydrogen-bond acceptors (Lipinski definition) is 3. The standard InChI is InChI=1S/C13H22N2O3/c1-10(2)13(3,12(17)18)9-11(16)15-8-6-4-5-7-14/h10H,4-6,8-9H2,1-3H3,(H,15,16)(H,17,18). The number of rotatable bonds is 8. The van der Waals surface area contributed by atoms with Crippen molar-refractivity contribution in [3.63, 3.8) is 0 Å². The van der Waals surface area contributed by atoms with Crippen LogP contribution in [0.5, 0.6) is 0 Å². The van der Waals surface area contributed by atoms with Crippen LogP contribution in [0.2, 0.25) is 0 Å². The molecule has 0 heterocycles. The molecule has 0 aliphatic rings. The van der Waals surface area contributed by atoms with Crippen molar-refractivity contribution >= 4 is 11.9 Å². The molecule has 0 aliphatic carbocycles. The number of carbonyl (C=O) groups excluding carboxylic acids is 1. The summed E-state index contributed by atoms with van der Waals surface area (Å²) in [5.41, 5.74) is -1.03. The number of carboxylic acid groups (broad SMARTS) is 1. The number of hydrogen-bond donors (Lipinski definition) is 2. The molecule has 2 N–H and O–H groups in total. The second kappa shape index (κ2) is 7.70. The van der Waals surface area contributed by atoms with Gasteiger partial charge < -0.3 is 10.4 Å². The number of amides is 1. The van der Waals surface area contributed by atoms with E-state index in [0.717, 1.165) is 12.8 Å². The molecule has 0 aromatic rings. The number of unbranched alkanes of at least 4 members (excludes halogenated alkanes) is 2. The highest BCUT2D eigenvalue weighted by Gasteiger charge is 2.38. The van der Waals surface area contributed by atoms with Gasteiger partial charge in [0.25, 0.3) is 0 Å². The van der Waals surface area contributed by atoms with Gasteiger partial charge in [-0.1, -0.05) is 13.8 Å². The fourth-order valence-corrected chi connectivity index (χ4v) is 1.48.